The lowest BCUT2D eigenvalue weighted by molar-refractivity contribution is -0.0514. The number of dihydropyridines is 1. The highest BCUT2D eigenvalue weighted by atomic mass is 15.2. The number of hydrogen-bond donors (Lipinski definition) is 2. The number of fused-ring (bicyclic) bond motifs is 5. The van der Waals surface area contributed by atoms with E-state index in [1.54, 1.807) is 0 Å². The number of aliphatic imine (C=N–C) groups is 1. The van der Waals surface area contributed by atoms with Crippen LogP contribution in [0.5, 0.6) is 0 Å². The molecule has 0 aromatic carbocycles. The normalized spacial score (nSPS) is 31.9. The van der Waals surface area contributed by atoms with Crippen molar-refractivity contribution in [2.45, 2.75) is 143 Å². The van der Waals surface area contributed by atoms with Gasteiger partial charge in [0.1, 0.15) is 0 Å². The van der Waals surface area contributed by atoms with Gasteiger partial charge < -0.3 is 20.4 Å². The van der Waals surface area contributed by atoms with Gasteiger partial charge in [-0.3, -0.25) is 14.9 Å². The Kier molecular flexibility index (Phi) is 15.2. The molecule has 7 nitrogen and oxygen atoms in total. The van der Waals surface area contributed by atoms with Crippen LogP contribution in [-0.2, 0) is 6.54 Å². The van der Waals surface area contributed by atoms with Crippen molar-refractivity contribution in [2.24, 2.45) is 51.3 Å². The summed E-state index contributed by atoms with van der Waals surface area (Å²) in [5.41, 5.74) is 6.52. The molecule has 0 saturated heterocycles. The molecule has 0 amide bonds. The number of rotatable bonds is 20. The molecule has 3 fully saturated rings. The van der Waals surface area contributed by atoms with Crippen LogP contribution in [0.25, 0.3) is 0 Å². The third kappa shape index (κ3) is 10.7. The molecular formula is C49H83N7. The summed E-state index contributed by atoms with van der Waals surface area (Å²) in [7, 11) is 8.65. The van der Waals surface area contributed by atoms with Gasteiger partial charge in [-0.2, -0.15) is 0 Å². The molecular weight excluding hydrogens is 687 g/mol. The van der Waals surface area contributed by atoms with Gasteiger partial charge in [-0.25, -0.2) is 0 Å². The van der Waals surface area contributed by atoms with E-state index in [1.165, 1.54) is 94.9 Å². The van der Waals surface area contributed by atoms with Crippen LogP contribution >= 0.6 is 0 Å². The van der Waals surface area contributed by atoms with Crippen LogP contribution in [0.2, 0.25) is 0 Å². The minimum atomic E-state index is 0.339. The van der Waals surface area contributed by atoms with E-state index < -0.39 is 0 Å². The number of nitrogens with zero attached hydrogens (tertiary/aromatic N) is 5. The van der Waals surface area contributed by atoms with Gasteiger partial charge in [-0.05, 0) is 149 Å². The summed E-state index contributed by atoms with van der Waals surface area (Å²) in [6.45, 7) is 18.8. The number of aromatic nitrogens is 1. The van der Waals surface area contributed by atoms with Gasteiger partial charge >= 0.3 is 0 Å². The molecule has 4 aliphatic carbocycles. The number of nitrogens with one attached hydrogen (secondary N) is 2. The number of anilines is 1. The highest BCUT2D eigenvalue weighted by molar-refractivity contribution is 5.73. The van der Waals surface area contributed by atoms with E-state index in [1.807, 2.05) is 18.0 Å². The van der Waals surface area contributed by atoms with Crippen molar-refractivity contribution in [1.82, 2.24) is 25.0 Å². The predicted molar refractivity (Wildman–Crippen MR) is 239 cm³/mol. The Morgan fingerprint density at radius 3 is 2.48 bits per heavy atom. The molecule has 6 rings (SSSR count). The minimum Gasteiger partial charge on any atom is -0.385 e. The number of pyridine rings is 1. The summed E-state index contributed by atoms with van der Waals surface area (Å²) in [5, 5.41) is 7.70. The molecule has 314 valence electrons. The number of allylic oxidation sites excluding steroid dienone is 2. The Morgan fingerprint density at radius 1 is 0.875 bits per heavy atom. The van der Waals surface area contributed by atoms with Crippen molar-refractivity contribution in [3.05, 3.63) is 47.4 Å². The number of unbranched alkanes of at least 4 members (excludes halogenated alkanes) is 1. The summed E-state index contributed by atoms with van der Waals surface area (Å²) in [4.78, 5) is 16.4. The first-order valence-electron chi connectivity index (χ1n) is 23.2. The van der Waals surface area contributed by atoms with E-state index in [-0.39, 0.29) is 0 Å². The first-order chi connectivity index (χ1) is 26.9. The van der Waals surface area contributed by atoms with Crippen LogP contribution in [0.1, 0.15) is 130 Å². The first-order valence-corrected chi connectivity index (χ1v) is 23.2. The molecule has 1 aromatic heterocycles. The number of likely N-dealkylation sites (N-methyl/N-ethyl adjacent to an activating group) is 2. The molecule has 1 aliphatic heterocycles. The quantitative estimate of drug-likeness (QED) is 0.102. The fourth-order valence-electron chi connectivity index (χ4n) is 12.5. The lowest BCUT2D eigenvalue weighted by Crippen LogP contribution is -2.51. The maximum Gasteiger partial charge on any atom is 0.0680 e. The monoisotopic (exact) mass is 770 g/mol. The Morgan fingerprint density at radius 2 is 1.68 bits per heavy atom. The maximum atomic E-state index is 4.71. The van der Waals surface area contributed by atoms with Gasteiger partial charge in [0.25, 0.3) is 0 Å². The third-order valence-corrected chi connectivity index (χ3v) is 15.9. The Labute approximate surface area is 344 Å². The van der Waals surface area contributed by atoms with Gasteiger partial charge in [0, 0.05) is 83.1 Å². The second-order valence-corrected chi connectivity index (χ2v) is 20.6. The summed E-state index contributed by atoms with van der Waals surface area (Å²) in [6.07, 6.45) is 27.9. The zero-order valence-corrected chi connectivity index (χ0v) is 37.5. The molecule has 0 spiro atoms. The molecule has 5 aliphatic rings. The SMILES string of the molecule is CC(C)CCC[C@@H](C)[C@H]1CC[C@H]2[C@@H]3CC=C4C[C@H](NCCCCNc5ccnc(CN(C)CCN(C)CC6CC(N(C)C)=CC=N6)c5)CC[C@]4(C)[C@H]3CC[C@]12C. The lowest BCUT2D eigenvalue weighted by atomic mass is 9.47. The van der Waals surface area contributed by atoms with Crippen LogP contribution in [0.3, 0.4) is 0 Å². The Bertz CT molecular complexity index is 1480. The molecule has 0 radical (unpaired) electrons. The molecule has 2 N–H and O–H groups in total. The molecule has 56 heavy (non-hydrogen) atoms. The lowest BCUT2D eigenvalue weighted by Gasteiger charge is -2.58. The van der Waals surface area contributed by atoms with E-state index in [9.17, 15) is 0 Å². The topological polar surface area (TPSA) is 59.0 Å². The fourth-order valence-corrected chi connectivity index (χ4v) is 12.5. The average molecular weight is 770 g/mol. The zero-order chi connectivity index (χ0) is 39.9. The van der Waals surface area contributed by atoms with Crippen molar-refractivity contribution >= 4 is 11.9 Å². The molecule has 2 heterocycles. The predicted octanol–water partition coefficient (Wildman–Crippen LogP) is 9.93. The van der Waals surface area contributed by atoms with Crippen molar-refractivity contribution in [3.63, 3.8) is 0 Å². The highest BCUT2D eigenvalue weighted by Crippen LogP contribution is 2.67. The molecule has 0 bridgehead atoms. The van der Waals surface area contributed by atoms with Crippen LogP contribution in [0.15, 0.2) is 46.7 Å². The van der Waals surface area contributed by atoms with E-state index >= 15 is 0 Å². The largest absolute Gasteiger partial charge is 0.385 e. The van der Waals surface area contributed by atoms with Crippen LogP contribution in [0.4, 0.5) is 5.69 Å². The molecule has 9 atom stereocenters. The van der Waals surface area contributed by atoms with Crippen molar-refractivity contribution in [2.75, 3.05) is 66.2 Å². The van der Waals surface area contributed by atoms with Crippen LogP contribution < -0.4 is 10.6 Å². The standard InChI is InChI=1S/C49H83N7/c1-36(2)13-12-14-37(3)45-17-18-46-44-16-15-38-31-39(19-23-48(38,4)47(44)20-24-49(45,46)5)50-25-10-11-26-51-40-21-27-52-41(32-40)34-55(8)29-30-56(9)35-42-33-43(54(6)7)22-28-53-42/h15,21-22,27-28,32,36-37,39,42,44-47,50H,10-14,16-20,23-26,29-31,33-35H2,1-9H3,(H,51,52)/t37-,39-,42?,44+,45-,46+,47+,48+,49-/m1/s1. The van der Waals surface area contributed by atoms with E-state index in [2.05, 4.69) is 117 Å². The third-order valence-electron chi connectivity index (χ3n) is 15.9. The second kappa shape index (κ2) is 19.7. The zero-order valence-electron chi connectivity index (χ0n) is 37.5. The van der Waals surface area contributed by atoms with Gasteiger partial charge in [0.15, 0.2) is 0 Å². The van der Waals surface area contributed by atoms with Gasteiger partial charge in [0.2, 0.25) is 0 Å². The Balaban J connectivity index is 0.871. The summed E-state index contributed by atoms with van der Waals surface area (Å²) >= 11 is 0. The van der Waals surface area contributed by atoms with Crippen LogP contribution in [0, 0.1) is 46.3 Å². The maximum absolute atomic E-state index is 4.71. The van der Waals surface area contributed by atoms with Gasteiger partial charge in [-0.15, -0.1) is 0 Å². The average Bonchev–Trinajstić information content (AvgIpc) is 3.53. The second-order valence-electron chi connectivity index (χ2n) is 20.6. The summed E-state index contributed by atoms with van der Waals surface area (Å²) < 4.78 is 0. The van der Waals surface area contributed by atoms with E-state index in [4.69, 9.17) is 4.99 Å². The van der Waals surface area contributed by atoms with Gasteiger partial charge in [0.05, 0.1) is 11.7 Å². The fraction of sp³-hybridized carbons (Fsp3) is 0.796. The van der Waals surface area contributed by atoms with Crippen molar-refractivity contribution < 1.29 is 0 Å². The van der Waals surface area contributed by atoms with E-state index in [0.29, 0.717) is 22.9 Å². The molecule has 7 heteroatoms. The summed E-state index contributed by atoms with van der Waals surface area (Å²) in [5.74, 6) is 5.50. The molecule has 1 aromatic rings. The molecule has 3 saturated carbocycles. The van der Waals surface area contributed by atoms with Gasteiger partial charge in [-0.1, -0.05) is 65.5 Å². The minimum absolute atomic E-state index is 0.339. The molecule has 1 unspecified atom stereocenters. The Hall–Kier alpha value is -2.22. The van der Waals surface area contributed by atoms with Crippen molar-refractivity contribution in [3.8, 4) is 0 Å². The van der Waals surface area contributed by atoms with E-state index in [0.717, 1.165) is 86.9 Å². The summed E-state index contributed by atoms with van der Waals surface area (Å²) in [6, 6.07) is 5.35. The number of hydrogen-bond acceptors (Lipinski definition) is 7. The first kappa shape index (κ1) is 43.4. The van der Waals surface area contributed by atoms with Crippen molar-refractivity contribution in [1.29, 1.82) is 0 Å². The van der Waals surface area contributed by atoms with Crippen LogP contribution in [-0.4, -0.2) is 98.9 Å². The highest BCUT2D eigenvalue weighted by Gasteiger charge is 2.59. The smallest absolute Gasteiger partial charge is 0.0680 e.